The second-order valence-corrected chi connectivity index (χ2v) is 16.3. The molecule has 0 amide bonds. The monoisotopic (exact) mass is 663 g/mol. The fraction of sp³-hybridized carbons (Fsp3) is 1.00. The molecule has 0 aliphatic heterocycles. The summed E-state index contributed by atoms with van der Waals surface area (Å²) in [5.41, 5.74) is 0. The van der Waals surface area contributed by atoms with Gasteiger partial charge in [0.1, 0.15) is 0 Å². The molecule has 47 heavy (non-hydrogen) atoms. The van der Waals surface area contributed by atoms with E-state index < -0.39 is 0 Å². The number of nitrogens with zero attached hydrogens (tertiary/aromatic N) is 1. The molecule has 0 saturated heterocycles. The van der Waals surface area contributed by atoms with E-state index in [2.05, 4.69) is 27.7 Å². The molecule has 0 bridgehead atoms. The average Bonchev–Trinajstić information content (AvgIpc) is 3.08. The minimum absolute atomic E-state index is 1.37. The summed E-state index contributed by atoms with van der Waals surface area (Å²) in [4.78, 5) is 0. The molecule has 0 aliphatic rings. The molecular weight excluding hydrogens is 567 g/mol. The quantitative estimate of drug-likeness (QED) is 0.0451. The normalized spacial score (nSPS) is 12.0. The molecule has 0 aromatic carbocycles. The van der Waals surface area contributed by atoms with Gasteiger partial charge in [0.05, 0.1) is 26.2 Å². The van der Waals surface area contributed by atoms with Crippen molar-refractivity contribution in [3.8, 4) is 0 Å². The molecule has 0 N–H and O–H groups in total. The predicted octanol–water partition coefficient (Wildman–Crippen LogP) is 16.7. The maximum Gasteiger partial charge on any atom is 0.0786 e. The lowest BCUT2D eigenvalue weighted by Gasteiger charge is -2.39. The van der Waals surface area contributed by atoms with E-state index in [4.69, 9.17) is 0 Å². The standard InChI is InChI=1S/C46H96N/c1-5-9-13-16-19-22-25-28-31-34-37-40-44-47(43-12-8-4,45-41-38-35-32-29-26-23-20-17-14-10-6-2)46-42-39-36-33-30-27-24-21-18-15-11-7-3/h5-46H2,1-4H3/q+1. The summed E-state index contributed by atoms with van der Waals surface area (Å²) < 4.78 is 1.47. The Hall–Kier alpha value is -0.0400. The van der Waals surface area contributed by atoms with Crippen molar-refractivity contribution in [1.82, 2.24) is 0 Å². The molecule has 1 heteroatoms. The Bertz CT molecular complexity index is 472. The van der Waals surface area contributed by atoms with Crippen LogP contribution in [-0.2, 0) is 0 Å². The molecule has 0 heterocycles. The molecular formula is C46H96N+. The number of rotatable bonds is 42. The zero-order valence-corrected chi connectivity index (χ0v) is 34.1. The molecule has 0 aromatic rings. The van der Waals surface area contributed by atoms with E-state index in [0.29, 0.717) is 0 Å². The maximum atomic E-state index is 2.42. The van der Waals surface area contributed by atoms with Crippen LogP contribution in [0.3, 0.4) is 0 Å². The van der Waals surface area contributed by atoms with Crippen molar-refractivity contribution in [1.29, 1.82) is 0 Å². The van der Waals surface area contributed by atoms with Crippen LogP contribution in [0, 0.1) is 0 Å². The van der Waals surface area contributed by atoms with Gasteiger partial charge in [-0.25, -0.2) is 0 Å². The molecule has 284 valence electrons. The summed E-state index contributed by atoms with van der Waals surface area (Å²) in [6, 6.07) is 0. The first-order valence-electron chi connectivity index (χ1n) is 23.1. The predicted molar refractivity (Wildman–Crippen MR) is 218 cm³/mol. The Morgan fingerprint density at radius 2 is 0.319 bits per heavy atom. The van der Waals surface area contributed by atoms with Gasteiger partial charge in [-0.05, 0) is 44.9 Å². The van der Waals surface area contributed by atoms with E-state index in [9.17, 15) is 0 Å². The largest absolute Gasteiger partial charge is 0.324 e. The van der Waals surface area contributed by atoms with Crippen LogP contribution in [-0.4, -0.2) is 30.7 Å². The van der Waals surface area contributed by atoms with E-state index >= 15 is 0 Å². The number of unbranched alkanes of at least 4 members (excludes halogenated alkanes) is 34. The van der Waals surface area contributed by atoms with Crippen molar-refractivity contribution in [3.05, 3.63) is 0 Å². The van der Waals surface area contributed by atoms with Gasteiger partial charge in [0.25, 0.3) is 0 Å². The first-order valence-corrected chi connectivity index (χ1v) is 23.1. The van der Waals surface area contributed by atoms with Crippen molar-refractivity contribution in [2.24, 2.45) is 0 Å². The molecule has 0 aliphatic carbocycles. The van der Waals surface area contributed by atoms with Gasteiger partial charge in [-0.2, -0.15) is 0 Å². The number of hydrogen-bond acceptors (Lipinski definition) is 0. The van der Waals surface area contributed by atoms with Gasteiger partial charge in [0.15, 0.2) is 0 Å². The third-order valence-corrected chi connectivity index (χ3v) is 11.4. The van der Waals surface area contributed by atoms with E-state index in [1.54, 1.807) is 0 Å². The Labute approximate surface area is 301 Å². The van der Waals surface area contributed by atoms with Gasteiger partial charge in [0.2, 0.25) is 0 Å². The molecule has 0 radical (unpaired) electrons. The SMILES string of the molecule is CCCCCCCCCCCCCC[N+](CCCC)(CCCCCCCCCCCCCC)CCCCCCCCCCCCCC. The van der Waals surface area contributed by atoms with Gasteiger partial charge in [0, 0.05) is 0 Å². The van der Waals surface area contributed by atoms with Crippen molar-refractivity contribution >= 4 is 0 Å². The van der Waals surface area contributed by atoms with Crippen LogP contribution in [0.15, 0.2) is 0 Å². The third-order valence-electron chi connectivity index (χ3n) is 11.4. The molecule has 0 unspecified atom stereocenters. The third kappa shape index (κ3) is 35.6. The average molecular weight is 663 g/mol. The first kappa shape index (κ1) is 47.0. The van der Waals surface area contributed by atoms with Crippen LogP contribution in [0.2, 0.25) is 0 Å². The molecule has 0 aromatic heterocycles. The summed E-state index contributed by atoms with van der Waals surface area (Å²) in [5, 5.41) is 0. The van der Waals surface area contributed by atoms with Crippen LogP contribution in [0.5, 0.6) is 0 Å². The molecule has 1 nitrogen and oxygen atoms in total. The summed E-state index contributed by atoms with van der Waals surface area (Å²) in [7, 11) is 0. The van der Waals surface area contributed by atoms with E-state index in [0.717, 1.165) is 0 Å². The van der Waals surface area contributed by atoms with Crippen LogP contribution < -0.4 is 0 Å². The second kappa shape index (κ2) is 40.4. The topological polar surface area (TPSA) is 0 Å². The molecule has 0 fully saturated rings. The highest BCUT2D eigenvalue weighted by atomic mass is 15.3. The van der Waals surface area contributed by atoms with Gasteiger partial charge < -0.3 is 4.48 Å². The van der Waals surface area contributed by atoms with Gasteiger partial charge in [-0.15, -0.1) is 0 Å². The lowest BCUT2D eigenvalue weighted by Crippen LogP contribution is -2.50. The van der Waals surface area contributed by atoms with Crippen molar-refractivity contribution in [2.45, 2.75) is 272 Å². The molecule has 0 spiro atoms. The zero-order chi connectivity index (χ0) is 34.2. The van der Waals surface area contributed by atoms with Gasteiger partial charge in [-0.1, -0.05) is 227 Å². The Balaban J connectivity index is 4.45. The highest BCUT2D eigenvalue weighted by Gasteiger charge is 2.25. The number of quaternary nitrogens is 1. The zero-order valence-electron chi connectivity index (χ0n) is 34.1. The Kier molecular flexibility index (Phi) is 40.4. The van der Waals surface area contributed by atoms with E-state index in [1.165, 1.54) is 275 Å². The lowest BCUT2D eigenvalue weighted by atomic mass is 10.0. The summed E-state index contributed by atoms with van der Waals surface area (Å²) >= 11 is 0. The Morgan fingerprint density at radius 3 is 0.511 bits per heavy atom. The smallest absolute Gasteiger partial charge is 0.0786 e. The van der Waals surface area contributed by atoms with Crippen LogP contribution in [0.4, 0.5) is 0 Å². The number of hydrogen-bond donors (Lipinski definition) is 0. The molecule has 0 saturated carbocycles. The van der Waals surface area contributed by atoms with E-state index in [-0.39, 0.29) is 0 Å². The van der Waals surface area contributed by atoms with Gasteiger partial charge in [-0.3, -0.25) is 0 Å². The van der Waals surface area contributed by atoms with Crippen LogP contribution in [0.25, 0.3) is 0 Å². The lowest BCUT2D eigenvalue weighted by molar-refractivity contribution is -0.929. The van der Waals surface area contributed by atoms with Crippen molar-refractivity contribution in [2.75, 3.05) is 26.2 Å². The highest BCUT2D eigenvalue weighted by Crippen LogP contribution is 2.21. The van der Waals surface area contributed by atoms with Crippen LogP contribution >= 0.6 is 0 Å². The molecule has 0 atom stereocenters. The first-order chi connectivity index (χ1) is 23.2. The minimum atomic E-state index is 1.37. The maximum absolute atomic E-state index is 2.42. The van der Waals surface area contributed by atoms with Gasteiger partial charge >= 0.3 is 0 Å². The summed E-state index contributed by atoms with van der Waals surface area (Å²) in [5.74, 6) is 0. The summed E-state index contributed by atoms with van der Waals surface area (Å²) in [6.45, 7) is 15.3. The van der Waals surface area contributed by atoms with Crippen molar-refractivity contribution < 1.29 is 4.48 Å². The van der Waals surface area contributed by atoms with Crippen molar-refractivity contribution in [3.63, 3.8) is 0 Å². The molecule has 0 rings (SSSR count). The fourth-order valence-electron chi connectivity index (χ4n) is 8.03. The Morgan fingerprint density at radius 1 is 0.170 bits per heavy atom. The summed E-state index contributed by atoms with van der Waals surface area (Å²) in [6.07, 6.45) is 55.7. The van der Waals surface area contributed by atoms with E-state index in [1.807, 2.05) is 0 Å². The fourth-order valence-corrected chi connectivity index (χ4v) is 8.03. The second-order valence-electron chi connectivity index (χ2n) is 16.3. The highest BCUT2D eigenvalue weighted by molar-refractivity contribution is 4.56. The van der Waals surface area contributed by atoms with Crippen LogP contribution in [0.1, 0.15) is 272 Å². The minimum Gasteiger partial charge on any atom is -0.324 e.